The van der Waals surface area contributed by atoms with Crippen LogP contribution in [-0.4, -0.2) is 50.8 Å². The Hall–Kier alpha value is -4.54. The number of aromatic nitrogens is 5. The molecule has 1 saturated heterocycles. The van der Waals surface area contributed by atoms with Crippen molar-refractivity contribution in [3.05, 3.63) is 83.9 Å². The topological polar surface area (TPSA) is 93.0 Å². The molecule has 0 aliphatic carbocycles. The Morgan fingerprint density at radius 2 is 1.68 bits per heavy atom. The number of thiophene rings is 1. The Bertz CT molecular complexity index is 1700. The number of benzene rings is 2. The molecule has 38 heavy (non-hydrogen) atoms. The minimum Gasteiger partial charge on any atom is -0.378 e. The van der Waals surface area contributed by atoms with E-state index in [1.165, 1.54) is 5.69 Å². The van der Waals surface area contributed by atoms with Crippen molar-refractivity contribution in [2.45, 2.75) is 0 Å². The summed E-state index contributed by atoms with van der Waals surface area (Å²) in [4.78, 5) is 21.3. The molecule has 4 aromatic heterocycles. The van der Waals surface area contributed by atoms with Crippen molar-refractivity contribution in [2.75, 3.05) is 41.8 Å². The maximum atomic E-state index is 5.48. The van der Waals surface area contributed by atoms with Crippen LogP contribution in [0.3, 0.4) is 0 Å². The van der Waals surface area contributed by atoms with Gasteiger partial charge in [0.15, 0.2) is 17.0 Å². The van der Waals surface area contributed by atoms with Gasteiger partial charge >= 0.3 is 0 Å². The third-order valence-electron chi connectivity index (χ3n) is 6.59. The van der Waals surface area contributed by atoms with E-state index < -0.39 is 0 Å². The summed E-state index contributed by atoms with van der Waals surface area (Å²) in [5, 5.41) is 13.0. The number of pyridine rings is 1. The van der Waals surface area contributed by atoms with Crippen molar-refractivity contribution in [1.29, 1.82) is 0 Å². The molecule has 0 atom stereocenters. The van der Waals surface area contributed by atoms with Gasteiger partial charge < -0.3 is 20.3 Å². The van der Waals surface area contributed by atoms with E-state index in [0.717, 1.165) is 48.5 Å². The van der Waals surface area contributed by atoms with E-state index in [4.69, 9.17) is 14.7 Å². The Balaban J connectivity index is 1.27. The van der Waals surface area contributed by atoms with Crippen molar-refractivity contribution in [3.63, 3.8) is 0 Å². The Morgan fingerprint density at radius 1 is 0.816 bits per heavy atom. The molecular formula is C28H24N8OS. The highest BCUT2D eigenvalue weighted by molar-refractivity contribution is 7.08. The largest absolute Gasteiger partial charge is 0.378 e. The van der Waals surface area contributed by atoms with Crippen molar-refractivity contribution in [3.8, 4) is 5.69 Å². The molecule has 6 aromatic rings. The lowest BCUT2D eigenvalue weighted by atomic mass is 10.1. The number of nitrogens with zero attached hydrogens (tertiary/aromatic N) is 6. The van der Waals surface area contributed by atoms with Gasteiger partial charge in [0.25, 0.3) is 0 Å². The molecule has 5 heterocycles. The molecular weight excluding hydrogens is 496 g/mol. The zero-order valence-electron chi connectivity index (χ0n) is 20.4. The van der Waals surface area contributed by atoms with E-state index in [1.54, 1.807) is 23.9 Å². The van der Waals surface area contributed by atoms with Gasteiger partial charge in [0.1, 0.15) is 12.1 Å². The molecule has 0 radical (unpaired) electrons. The first-order valence-electron chi connectivity index (χ1n) is 12.4. The number of hydrogen-bond donors (Lipinski definition) is 2. The van der Waals surface area contributed by atoms with Crippen LogP contribution in [0.15, 0.2) is 83.9 Å². The molecule has 9 nitrogen and oxygen atoms in total. The van der Waals surface area contributed by atoms with Gasteiger partial charge in [0, 0.05) is 41.4 Å². The van der Waals surface area contributed by atoms with Crippen molar-refractivity contribution in [2.24, 2.45) is 0 Å². The standard InChI is InChI=1S/C28H24N8OS/c1-2-4-23-19(3-1)9-11-29-25(23)32-28-33-26(24-27(34-28)36(18-30-24)22-10-16-38-17-22)31-20-5-7-21(8-6-20)35-12-14-37-15-13-35/h1-11,16-18H,12-15H2,(H2,29,31,32,33,34). The summed E-state index contributed by atoms with van der Waals surface area (Å²) >= 11 is 1.63. The smallest absolute Gasteiger partial charge is 0.232 e. The number of imidazole rings is 1. The van der Waals surface area contributed by atoms with Crippen LogP contribution >= 0.6 is 11.3 Å². The summed E-state index contributed by atoms with van der Waals surface area (Å²) in [5.74, 6) is 1.75. The van der Waals surface area contributed by atoms with Gasteiger partial charge in [-0.2, -0.15) is 21.3 Å². The second kappa shape index (κ2) is 9.73. The van der Waals surface area contributed by atoms with Gasteiger partial charge in [-0.3, -0.25) is 4.57 Å². The van der Waals surface area contributed by atoms with Crippen molar-refractivity contribution < 1.29 is 4.74 Å². The SMILES string of the molecule is c1ccc2c(Nc3nc(Nc4ccc(N5CCOCC5)cc4)c4ncn(-c5ccsc5)c4n3)nccc2c1. The maximum absolute atomic E-state index is 5.48. The zero-order chi connectivity index (χ0) is 25.3. The minimum absolute atomic E-state index is 0.436. The number of ether oxygens (including phenoxy) is 1. The first-order chi connectivity index (χ1) is 18.8. The number of anilines is 5. The Kier molecular flexibility index (Phi) is 5.80. The average Bonchev–Trinajstić information content (AvgIpc) is 3.65. The molecule has 1 aliphatic rings. The first kappa shape index (κ1) is 22.6. The lowest BCUT2D eigenvalue weighted by Gasteiger charge is -2.28. The molecule has 10 heteroatoms. The molecule has 2 aromatic carbocycles. The molecule has 0 spiro atoms. The monoisotopic (exact) mass is 520 g/mol. The lowest BCUT2D eigenvalue weighted by Crippen LogP contribution is -2.36. The van der Waals surface area contributed by atoms with E-state index >= 15 is 0 Å². The summed E-state index contributed by atoms with van der Waals surface area (Å²) < 4.78 is 7.46. The maximum Gasteiger partial charge on any atom is 0.232 e. The van der Waals surface area contributed by atoms with Crippen LogP contribution in [0.1, 0.15) is 0 Å². The van der Waals surface area contributed by atoms with Crippen LogP contribution in [0.5, 0.6) is 0 Å². The van der Waals surface area contributed by atoms with E-state index in [-0.39, 0.29) is 0 Å². The zero-order valence-corrected chi connectivity index (χ0v) is 21.2. The fraction of sp³-hybridized carbons (Fsp3) is 0.143. The summed E-state index contributed by atoms with van der Waals surface area (Å²) in [6, 6.07) is 20.5. The molecule has 1 fully saturated rings. The van der Waals surface area contributed by atoms with Crippen molar-refractivity contribution in [1.82, 2.24) is 24.5 Å². The number of fused-ring (bicyclic) bond motifs is 2. The van der Waals surface area contributed by atoms with Crippen LogP contribution in [0.25, 0.3) is 27.6 Å². The fourth-order valence-electron chi connectivity index (χ4n) is 4.67. The molecule has 0 unspecified atom stereocenters. The van der Waals surface area contributed by atoms with Gasteiger partial charge in [-0.15, -0.1) is 0 Å². The summed E-state index contributed by atoms with van der Waals surface area (Å²) in [7, 11) is 0. The highest BCUT2D eigenvalue weighted by Gasteiger charge is 2.17. The quantitative estimate of drug-likeness (QED) is 0.287. The highest BCUT2D eigenvalue weighted by Crippen LogP contribution is 2.30. The number of morpholine rings is 1. The van der Waals surface area contributed by atoms with E-state index in [2.05, 4.69) is 61.2 Å². The third kappa shape index (κ3) is 4.29. The van der Waals surface area contributed by atoms with Gasteiger partial charge in [-0.05, 0) is 47.2 Å². The second-order valence-electron chi connectivity index (χ2n) is 8.94. The lowest BCUT2D eigenvalue weighted by molar-refractivity contribution is 0.122. The predicted octanol–water partition coefficient (Wildman–Crippen LogP) is 5.75. The number of rotatable bonds is 6. The van der Waals surface area contributed by atoms with Crippen LogP contribution in [-0.2, 0) is 4.74 Å². The molecule has 188 valence electrons. The fourth-order valence-corrected chi connectivity index (χ4v) is 5.29. The van der Waals surface area contributed by atoms with Crippen LogP contribution < -0.4 is 15.5 Å². The molecule has 0 bridgehead atoms. The van der Waals surface area contributed by atoms with E-state index in [0.29, 0.717) is 28.7 Å². The average molecular weight is 521 g/mol. The molecule has 2 N–H and O–H groups in total. The molecule has 1 aliphatic heterocycles. The second-order valence-corrected chi connectivity index (χ2v) is 9.72. The summed E-state index contributed by atoms with van der Waals surface area (Å²) in [6.07, 6.45) is 3.57. The number of nitrogens with one attached hydrogen (secondary N) is 2. The Labute approximate surface area is 222 Å². The van der Waals surface area contributed by atoms with Crippen molar-refractivity contribution >= 4 is 62.2 Å². The van der Waals surface area contributed by atoms with E-state index in [1.807, 2.05) is 40.3 Å². The minimum atomic E-state index is 0.436. The molecule has 0 saturated carbocycles. The van der Waals surface area contributed by atoms with Crippen LogP contribution in [0, 0.1) is 0 Å². The summed E-state index contributed by atoms with van der Waals surface area (Å²) in [5.41, 5.74) is 4.49. The van der Waals surface area contributed by atoms with Gasteiger partial charge in [0.05, 0.1) is 18.9 Å². The molecule has 7 rings (SSSR count). The molecule has 0 amide bonds. The predicted molar refractivity (Wildman–Crippen MR) is 152 cm³/mol. The van der Waals surface area contributed by atoms with E-state index in [9.17, 15) is 0 Å². The van der Waals surface area contributed by atoms with Gasteiger partial charge in [-0.1, -0.05) is 24.3 Å². The normalized spacial score (nSPS) is 13.7. The van der Waals surface area contributed by atoms with Gasteiger partial charge in [-0.25, -0.2) is 9.97 Å². The summed E-state index contributed by atoms with van der Waals surface area (Å²) in [6.45, 7) is 3.31. The first-order valence-corrected chi connectivity index (χ1v) is 13.3. The van der Waals surface area contributed by atoms with Gasteiger partial charge in [0.2, 0.25) is 5.95 Å². The highest BCUT2D eigenvalue weighted by atomic mass is 32.1. The van der Waals surface area contributed by atoms with Crippen LogP contribution in [0.2, 0.25) is 0 Å². The third-order valence-corrected chi connectivity index (χ3v) is 7.26. The Morgan fingerprint density at radius 3 is 2.53 bits per heavy atom. The van der Waals surface area contributed by atoms with Crippen LogP contribution in [0.4, 0.5) is 29.0 Å². The number of hydrogen-bond acceptors (Lipinski definition) is 9.